The fraction of sp³-hybridized carbons (Fsp3) is 0.286. The van der Waals surface area contributed by atoms with E-state index in [9.17, 15) is 18.8 Å². The van der Waals surface area contributed by atoms with E-state index in [2.05, 4.69) is 0 Å². The number of ketones is 1. The number of hydrogen-bond donors (Lipinski definition) is 0. The highest BCUT2D eigenvalue weighted by Crippen LogP contribution is 2.22. The van der Waals surface area contributed by atoms with Crippen LogP contribution in [0.3, 0.4) is 0 Å². The van der Waals surface area contributed by atoms with E-state index in [1.54, 1.807) is 47.4 Å². The lowest BCUT2D eigenvalue weighted by Crippen LogP contribution is -2.24. The summed E-state index contributed by atoms with van der Waals surface area (Å²) in [6.07, 6.45) is 1.53. The van der Waals surface area contributed by atoms with Crippen LogP contribution in [0.4, 0.5) is 10.1 Å². The first kappa shape index (κ1) is 18.8. The normalized spacial score (nSPS) is 13.7. The molecule has 140 valence electrons. The number of esters is 1. The molecule has 1 fully saturated rings. The van der Waals surface area contributed by atoms with Crippen molar-refractivity contribution >= 4 is 23.3 Å². The standard InChI is InChI=1S/C21H20FNO4/c22-18-8-2-1-5-15(18)10-11-21(26)27-14-19(24)16-6-3-7-17(13-16)23-12-4-9-20(23)25/h1-3,5-8,13H,4,9-12,14H2. The number of carbonyl (C=O) groups excluding carboxylic acids is 3. The molecular weight excluding hydrogens is 349 g/mol. The van der Waals surface area contributed by atoms with Gasteiger partial charge in [-0.15, -0.1) is 0 Å². The Morgan fingerprint density at radius 1 is 1.11 bits per heavy atom. The Labute approximate surface area is 156 Å². The number of hydrogen-bond acceptors (Lipinski definition) is 4. The summed E-state index contributed by atoms with van der Waals surface area (Å²) >= 11 is 0. The fourth-order valence-electron chi connectivity index (χ4n) is 3.01. The van der Waals surface area contributed by atoms with Crippen molar-refractivity contribution in [1.82, 2.24) is 0 Å². The molecule has 1 saturated heterocycles. The molecule has 0 aliphatic carbocycles. The van der Waals surface area contributed by atoms with Gasteiger partial charge in [-0.3, -0.25) is 14.4 Å². The summed E-state index contributed by atoms with van der Waals surface area (Å²) in [5, 5.41) is 0. The van der Waals surface area contributed by atoms with Gasteiger partial charge >= 0.3 is 5.97 Å². The Morgan fingerprint density at radius 2 is 1.93 bits per heavy atom. The minimum atomic E-state index is -0.558. The number of amides is 1. The Hall–Kier alpha value is -3.02. The number of halogens is 1. The molecule has 27 heavy (non-hydrogen) atoms. The van der Waals surface area contributed by atoms with Crippen LogP contribution in [0.2, 0.25) is 0 Å². The van der Waals surface area contributed by atoms with Gasteiger partial charge in [0.15, 0.2) is 12.4 Å². The van der Waals surface area contributed by atoms with Crippen LogP contribution in [0.15, 0.2) is 48.5 Å². The van der Waals surface area contributed by atoms with Crippen molar-refractivity contribution in [3.8, 4) is 0 Å². The molecule has 1 amide bonds. The first-order valence-corrected chi connectivity index (χ1v) is 8.87. The van der Waals surface area contributed by atoms with Crippen LogP contribution in [0.5, 0.6) is 0 Å². The summed E-state index contributed by atoms with van der Waals surface area (Å²) in [7, 11) is 0. The summed E-state index contributed by atoms with van der Waals surface area (Å²) in [6, 6.07) is 13.0. The van der Waals surface area contributed by atoms with E-state index in [0.29, 0.717) is 29.8 Å². The number of rotatable bonds is 7. The molecule has 0 unspecified atom stereocenters. The first-order chi connectivity index (χ1) is 13.0. The van der Waals surface area contributed by atoms with E-state index in [1.165, 1.54) is 6.07 Å². The lowest BCUT2D eigenvalue weighted by Gasteiger charge is -2.16. The second-order valence-corrected chi connectivity index (χ2v) is 6.37. The monoisotopic (exact) mass is 369 g/mol. The highest BCUT2D eigenvalue weighted by Gasteiger charge is 2.22. The Bertz CT molecular complexity index is 865. The van der Waals surface area contributed by atoms with Gasteiger partial charge in [-0.1, -0.05) is 30.3 Å². The molecule has 0 bridgehead atoms. The van der Waals surface area contributed by atoms with Gasteiger partial charge in [0.2, 0.25) is 5.91 Å². The van der Waals surface area contributed by atoms with E-state index in [1.807, 2.05) is 0 Å². The zero-order valence-corrected chi connectivity index (χ0v) is 14.8. The van der Waals surface area contributed by atoms with Crippen LogP contribution < -0.4 is 4.90 Å². The van der Waals surface area contributed by atoms with Crippen molar-refractivity contribution < 1.29 is 23.5 Å². The van der Waals surface area contributed by atoms with E-state index in [-0.39, 0.29) is 37.0 Å². The van der Waals surface area contributed by atoms with Crippen LogP contribution in [-0.4, -0.2) is 30.8 Å². The topological polar surface area (TPSA) is 63.7 Å². The van der Waals surface area contributed by atoms with Gasteiger partial charge in [-0.2, -0.15) is 0 Å². The van der Waals surface area contributed by atoms with Gasteiger partial charge in [-0.25, -0.2) is 4.39 Å². The van der Waals surface area contributed by atoms with Gasteiger partial charge in [0.1, 0.15) is 5.82 Å². The molecule has 0 spiro atoms. The maximum Gasteiger partial charge on any atom is 0.306 e. The second-order valence-electron chi connectivity index (χ2n) is 6.37. The van der Waals surface area contributed by atoms with Gasteiger partial charge in [0.25, 0.3) is 0 Å². The molecule has 5 nitrogen and oxygen atoms in total. The molecule has 0 atom stereocenters. The van der Waals surface area contributed by atoms with Gasteiger partial charge in [-0.05, 0) is 36.6 Å². The molecule has 3 rings (SSSR count). The highest BCUT2D eigenvalue weighted by atomic mass is 19.1. The summed E-state index contributed by atoms with van der Waals surface area (Å²) in [4.78, 5) is 37.6. The van der Waals surface area contributed by atoms with Crippen molar-refractivity contribution in [2.24, 2.45) is 0 Å². The van der Waals surface area contributed by atoms with E-state index in [0.717, 1.165) is 6.42 Å². The minimum Gasteiger partial charge on any atom is -0.457 e. The molecular formula is C21H20FNO4. The average Bonchev–Trinajstić information content (AvgIpc) is 3.11. The van der Waals surface area contributed by atoms with Crippen molar-refractivity contribution in [1.29, 1.82) is 0 Å². The molecule has 0 aromatic heterocycles. The number of aryl methyl sites for hydroxylation is 1. The molecule has 0 saturated carbocycles. The van der Waals surface area contributed by atoms with E-state index >= 15 is 0 Å². The Balaban J connectivity index is 1.52. The molecule has 1 heterocycles. The van der Waals surface area contributed by atoms with Crippen LogP contribution in [0, 0.1) is 5.82 Å². The molecule has 2 aromatic rings. The summed E-state index contributed by atoms with van der Waals surface area (Å²) in [5.74, 6) is -1.23. The van der Waals surface area contributed by atoms with E-state index < -0.39 is 5.97 Å². The molecule has 0 N–H and O–H groups in total. The van der Waals surface area contributed by atoms with Crippen LogP contribution >= 0.6 is 0 Å². The number of carbonyl (C=O) groups is 3. The summed E-state index contributed by atoms with van der Waals surface area (Å²) in [5.41, 5.74) is 1.49. The number of anilines is 1. The average molecular weight is 369 g/mol. The third kappa shape index (κ3) is 4.78. The quantitative estimate of drug-likeness (QED) is 0.555. The lowest BCUT2D eigenvalue weighted by molar-refractivity contribution is -0.142. The number of nitrogens with zero attached hydrogens (tertiary/aromatic N) is 1. The predicted molar refractivity (Wildman–Crippen MR) is 98.0 cm³/mol. The SMILES string of the molecule is O=C(CCc1ccccc1F)OCC(=O)c1cccc(N2CCCC2=O)c1. The maximum absolute atomic E-state index is 13.5. The molecule has 0 radical (unpaired) electrons. The number of Topliss-reactive ketones (excluding diaryl/α,β-unsaturated/α-hetero) is 1. The zero-order valence-electron chi connectivity index (χ0n) is 14.8. The van der Waals surface area contributed by atoms with Crippen LogP contribution in [0.1, 0.15) is 35.2 Å². The molecule has 6 heteroatoms. The molecule has 1 aliphatic heterocycles. The van der Waals surface area contributed by atoms with Gasteiger partial charge < -0.3 is 9.64 Å². The van der Waals surface area contributed by atoms with Crippen LogP contribution in [0.25, 0.3) is 0 Å². The summed E-state index contributed by atoms with van der Waals surface area (Å²) < 4.78 is 18.5. The van der Waals surface area contributed by atoms with Gasteiger partial charge in [0.05, 0.1) is 0 Å². The largest absolute Gasteiger partial charge is 0.457 e. The van der Waals surface area contributed by atoms with Gasteiger partial charge in [0, 0.05) is 30.6 Å². The second kappa shape index (κ2) is 8.58. The third-order valence-corrected chi connectivity index (χ3v) is 4.47. The zero-order chi connectivity index (χ0) is 19.2. The smallest absolute Gasteiger partial charge is 0.306 e. The van der Waals surface area contributed by atoms with Crippen molar-refractivity contribution in [2.75, 3.05) is 18.1 Å². The predicted octanol–water partition coefficient (Wildman–Crippen LogP) is 3.31. The fourth-order valence-corrected chi connectivity index (χ4v) is 3.01. The minimum absolute atomic E-state index is 0.00344. The van der Waals surface area contributed by atoms with Crippen LogP contribution in [-0.2, 0) is 20.7 Å². The van der Waals surface area contributed by atoms with Crippen molar-refractivity contribution in [3.63, 3.8) is 0 Å². The van der Waals surface area contributed by atoms with E-state index in [4.69, 9.17) is 4.74 Å². The third-order valence-electron chi connectivity index (χ3n) is 4.47. The number of benzene rings is 2. The van der Waals surface area contributed by atoms with Crippen molar-refractivity contribution in [2.45, 2.75) is 25.7 Å². The maximum atomic E-state index is 13.5. The summed E-state index contributed by atoms with van der Waals surface area (Å²) in [6.45, 7) is 0.259. The molecule has 1 aliphatic rings. The van der Waals surface area contributed by atoms with Crippen molar-refractivity contribution in [3.05, 3.63) is 65.5 Å². The first-order valence-electron chi connectivity index (χ1n) is 8.87. The number of ether oxygens (including phenoxy) is 1. The Morgan fingerprint density at radius 3 is 2.67 bits per heavy atom. The lowest BCUT2D eigenvalue weighted by atomic mass is 10.1. The molecule has 2 aromatic carbocycles. The highest BCUT2D eigenvalue weighted by molar-refractivity contribution is 6.01. The Kier molecular flexibility index (Phi) is 5.96.